The molecule has 0 bridgehead atoms. The maximum Gasteiger partial charge on any atom is 0.0794 e. The SMILES string of the molecule is CC(CCS(C)=O)NC(C)c1cncs1. The van der Waals surface area contributed by atoms with E-state index in [4.69, 9.17) is 0 Å². The molecule has 0 saturated heterocycles. The van der Waals surface area contributed by atoms with Crippen LogP contribution in [0.25, 0.3) is 0 Å². The Balaban J connectivity index is 2.31. The average Bonchev–Trinajstić information content (AvgIpc) is 2.67. The maximum atomic E-state index is 10.9. The summed E-state index contributed by atoms with van der Waals surface area (Å²) in [6.07, 6.45) is 4.60. The molecule has 0 aliphatic rings. The highest BCUT2D eigenvalue weighted by Gasteiger charge is 2.10. The Morgan fingerprint density at radius 2 is 2.33 bits per heavy atom. The van der Waals surface area contributed by atoms with E-state index in [0.717, 1.165) is 12.2 Å². The van der Waals surface area contributed by atoms with Gasteiger partial charge in [-0.15, -0.1) is 11.3 Å². The molecule has 3 atom stereocenters. The normalized spacial score (nSPS) is 17.3. The molecule has 3 unspecified atom stereocenters. The minimum absolute atomic E-state index is 0.331. The van der Waals surface area contributed by atoms with E-state index in [1.165, 1.54) is 4.88 Å². The average molecular weight is 246 g/mol. The van der Waals surface area contributed by atoms with E-state index in [1.807, 2.05) is 11.7 Å². The standard InChI is InChI=1S/C10H18N2OS2/c1-8(4-5-15(3)13)12-9(2)10-6-11-7-14-10/h6-9,12H,4-5H2,1-3H3. The Bertz CT molecular complexity index is 300. The molecule has 0 spiro atoms. The van der Waals surface area contributed by atoms with Gasteiger partial charge in [-0.05, 0) is 20.3 Å². The predicted octanol–water partition coefficient (Wildman–Crippen LogP) is 1.95. The van der Waals surface area contributed by atoms with Crippen molar-refractivity contribution in [1.82, 2.24) is 10.3 Å². The van der Waals surface area contributed by atoms with Gasteiger partial charge in [0.15, 0.2) is 0 Å². The quantitative estimate of drug-likeness (QED) is 0.834. The van der Waals surface area contributed by atoms with Crippen LogP contribution in [0.4, 0.5) is 0 Å². The number of rotatable bonds is 6. The molecule has 0 amide bonds. The summed E-state index contributed by atoms with van der Waals surface area (Å²) in [7, 11) is -0.687. The molecule has 0 aliphatic heterocycles. The highest BCUT2D eigenvalue weighted by atomic mass is 32.2. The van der Waals surface area contributed by atoms with Crippen molar-refractivity contribution in [1.29, 1.82) is 0 Å². The topological polar surface area (TPSA) is 42.0 Å². The number of hydrogen-bond acceptors (Lipinski definition) is 4. The summed E-state index contributed by atoms with van der Waals surface area (Å²) < 4.78 is 10.9. The van der Waals surface area contributed by atoms with Crippen LogP contribution >= 0.6 is 11.3 Å². The lowest BCUT2D eigenvalue weighted by molar-refractivity contribution is 0.474. The Morgan fingerprint density at radius 1 is 1.60 bits per heavy atom. The number of nitrogens with one attached hydrogen (secondary N) is 1. The van der Waals surface area contributed by atoms with E-state index in [2.05, 4.69) is 24.1 Å². The summed E-state index contributed by atoms with van der Waals surface area (Å²) in [6.45, 7) is 4.26. The van der Waals surface area contributed by atoms with Crippen molar-refractivity contribution >= 4 is 22.1 Å². The molecule has 86 valence electrons. The Labute approximate surface area is 97.8 Å². The van der Waals surface area contributed by atoms with Gasteiger partial charge in [0.1, 0.15) is 0 Å². The van der Waals surface area contributed by atoms with Crippen LogP contribution in [-0.4, -0.2) is 27.2 Å². The minimum atomic E-state index is -0.687. The second-order valence-corrected chi connectivity index (χ2v) is 6.23. The fraction of sp³-hybridized carbons (Fsp3) is 0.700. The van der Waals surface area contributed by atoms with Crippen molar-refractivity contribution in [3.8, 4) is 0 Å². The lowest BCUT2D eigenvalue weighted by Gasteiger charge is -2.18. The highest BCUT2D eigenvalue weighted by Crippen LogP contribution is 2.17. The molecule has 0 radical (unpaired) electrons. The molecule has 0 aliphatic carbocycles. The molecule has 5 heteroatoms. The molecule has 15 heavy (non-hydrogen) atoms. The Morgan fingerprint density at radius 3 is 2.87 bits per heavy atom. The fourth-order valence-corrected chi connectivity index (χ4v) is 2.70. The zero-order chi connectivity index (χ0) is 11.3. The summed E-state index contributed by atoms with van der Waals surface area (Å²) in [5.41, 5.74) is 1.85. The summed E-state index contributed by atoms with van der Waals surface area (Å²) in [4.78, 5) is 5.30. The smallest absolute Gasteiger partial charge is 0.0794 e. The van der Waals surface area contributed by atoms with Crippen LogP contribution in [0.1, 0.15) is 31.2 Å². The largest absolute Gasteiger partial charge is 0.307 e. The molecule has 0 saturated carbocycles. The highest BCUT2D eigenvalue weighted by molar-refractivity contribution is 7.84. The third-order valence-corrected chi connectivity index (χ3v) is 4.02. The van der Waals surface area contributed by atoms with Crippen LogP contribution in [0.15, 0.2) is 11.7 Å². The number of hydrogen-bond donors (Lipinski definition) is 1. The van der Waals surface area contributed by atoms with E-state index >= 15 is 0 Å². The summed E-state index contributed by atoms with van der Waals surface area (Å²) in [5.74, 6) is 0.767. The molecule has 3 nitrogen and oxygen atoms in total. The minimum Gasteiger partial charge on any atom is -0.307 e. The summed E-state index contributed by atoms with van der Waals surface area (Å²) >= 11 is 1.66. The molecule has 1 rings (SSSR count). The number of thiazole rings is 1. The number of nitrogens with zero attached hydrogens (tertiary/aromatic N) is 1. The van der Waals surface area contributed by atoms with Gasteiger partial charge in [-0.1, -0.05) is 0 Å². The van der Waals surface area contributed by atoms with Crippen LogP contribution < -0.4 is 5.32 Å². The maximum absolute atomic E-state index is 10.9. The monoisotopic (exact) mass is 246 g/mol. The molecule has 1 N–H and O–H groups in total. The zero-order valence-electron chi connectivity index (χ0n) is 9.40. The van der Waals surface area contributed by atoms with E-state index < -0.39 is 10.8 Å². The van der Waals surface area contributed by atoms with Crippen molar-refractivity contribution in [3.05, 3.63) is 16.6 Å². The van der Waals surface area contributed by atoms with Crippen LogP contribution in [-0.2, 0) is 10.8 Å². The van der Waals surface area contributed by atoms with Crippen LogP contribution in [0.3, 0.4) is 0 Å². The Hall–Kier alpha value is -0.260. The van der Waals surface area contributed by atoms with Crippen LogP contribution in [0, 0.1) is 0 Å². The molecule has 0 fully saturated rings. The first-order valence-electron chi connectivity index (χ1n) is 5.04. The molecular weight excluding hydrogens is 228 g/mol. The van der Waals surface area contributed by atoms with E-state index in [9.17, 15) is 4.21 Å². The van der Waals surface area contributed by atoms with Crippen molar-refractivity contribution in [3.63, 3.8) is 0 Å². The third kappa shape index (κ3) is 4.86. The molecular formula is C10H18N2OS2. The van der Waals surface area contributed by atoms with Crippen LogP contribution in [0.5, 0.6) is 0 Å². The van der Waals surface area contributed by atoms with Gasteiger partial charge in [-0.25, -0.2) is 0 Å². The lowest BCUT2D eigenvalue weighted by Crippen LogP contribution is -2.29. The molecule has 1 aromatic heterocycles. The third-order valence-electron chi connectivity index (χ3n) is 2.25. The Kier molecular flexibility index (Phi) is 5.42. The first kappa shape index (κ1) is 12.8. The summed E-state index contributed by atoms with van der Waals surface area (Å²) in [6, 6.07) is 0.726. The van der Waals surface area contributed by atoms with Crippen molar-refractivity contribution in [2.24, 2.45) is 0 Å². The fourth-order valence-electron chi connectivity index (χ4n) is 1.37. The van der Waals surface area contributed by atoms with Crippen molar-refractivity contribution < 1.29 is 4.21 Å². The second-order valence-electron chi connectivity index (χ2n) is 3.76. The van der Waals surface area contributed by atoms with Gasteiger partial charge in [0.05, 0.1) is 5.51 Å². The van der Waals surface area contributed by atoms with Gasteiger partial charge in [0.2, 0.25) is 0 Å². The van der Waals surface area contributed by atoms with E-state index in [-0.39, 0.29) is 0 Å². The van der Waals surface area contributed by atoms with Crippen LogP contribution in [0.2, 0.25) is 0 Å². The molecule has 1 aromatic rings. The first-order valence-corrected chi connectivity index (χ1v) is 7.64. The van der Waals surface area contributed by atoms with Gasteiger partial charge in [-0.2, -0.15) is 0 Å². The van der Waals surface area contributed by atoms with Crippen molar-refractivity contribution in [2.45, 2.75) is 32.4 Å². The zero-order valence-corrected chi connectivity index (χ0v) is 11.0. The van der Waals surface area contributed by atoms with Gasteiger partial charge < -0.3 is 5.32 Å². The van der Waals surface area contributed by atoms with Crippen molar-refractivity contribution in [2.75, 3.05) is 12.0 Å². The summed E-state index contributed by atoms with van der Waals surface area (Å²) in [5, 5.41) is 3.47. The number of aromatic nitrogens is 1. The van der Waals surface area contributed by atoms with Gasteiger partial charge >= 0.3 is 0 Å². The molecule has 1 heterocycles. The lowest BCUT2D eigenvalue weighted by atomic mass is 10.2. The predicted molar refractivity (Wildman–Crippen MR) is 66.7 cm³/mol. The first-order chi connectivity index (χ1) is 7.09. The van der Waals surface area contributed by atoms with E-state index in [1.54, 1.807) is 17.6 Å². The molecule has 0 aromatic carbocycles. The van der Waals surface area contributed by atoms with Gasteiger partial charge in [0, 0.05) is 46.0 Å². The van der Waals surface area contributed by atoms with Gasteiger partial charge in [0.25, 0.3) is 0 Å². The van der Waals surface area contributed by atoms with Gasteiger partial charge in [-0.3, -0.25) is 9.19 Å². The van der Waals surface area contributed by atoms with E-state index in [0.29, 0.717) is 12.1 Å². The second kappa shape index (κ2) is 6.35.